The number of hydrogen-bond donors (Lipinski definition) is 3. The zero-order chi connectivity index (χ0) is 41.4. The fraction of sp³-hybridized carbons (Fsp3) is 0.614. The van der Waals surface area contributed by atoms with Gasteiger partial charge in [0.05, 0.1) is 13.2 Å². The Labute approximate surface area is 337 Å². The molecule has 11 nitrogen and oxygen atoms in total. The number of esters is 2. The number of allylic oxidation sites excluding steroid dienone is 14. The maximum atomic E-state index is 12.6. The lowest BCUT2D eigenvalue weighted by Gasteiger charge is -2.20. The molecule has 12 heteroatoms. The first-order valence-electron chi connectivity index (χ1n) is 20.6. The Morgan fingerprint density at radius 2 is 1.00 bits per heavy atom. The Morgan fingerprint density at radius 3 is 1.52 bits per heavy atom. The van der Waals surface area contributed by atoms with Crippen molar-refractivity contribution in [2.75, 3.05) is 19.8 Å². The van der Waals surface area contributed by atoms with Crippen LogP contribution in [-0.2, 0) is 37.5 Å². The Morgan fingerprint density at radius 1 is 0.571 bits per heavy atom. The second-order valence-corrected chi connectivity index (χ2v) is 14.8. The quantitative estimate of drug-likeness (QED) is 0.0236. The molecular weight excluding hydrogens is 733 g/mol. The van der Waals surface area contributed by atoms with E-state index in [0.29, 0.717) is 12.8 Å². The van der Waals surface area contributed by atoms with Crippen molar-refractivity contribution >= 4 is 25.7 Å². The highest BCUT2D eigenvalue weighted by atomic mass is 31.2. The molecule has 0 amide bonds. The van der Waals surface area contributed by atoms with Crippen LogP contribution in [0.5, 0.6) is 0 Å². The Kier molecular flexibility index (Phi) is 36.2. The van der Waals surface area contributed by atoms with Crippen LogP contribution in [0.1, 0.15) is 142 Å². The van der Waals surface area contributed by atoms with E-state index in [9.17, 15) is 23.8 Å². The molecule has 0 fully saturated rings. The minimum atomic E-state index is -4.74. The highest BCUT2D eigenvalue weighted by Gasteiger charge is 2.28. The summed E-state index contributed by atoms with van der Waals surface area (Å²) < 4.78 is 32.6. The second-order valence-electron chi connectivity index (χ2n) is 13.4. The zero-order valence-corrected chi connectivity index (χ0v) is 35.1. The highest BCUT2D eigenvalue weighted by molar-refractivity contribution is 7.47. The summed E-state index contributed by atoms with van der Waals surface area (Å²) in [6.45, 7) is 2.57. The van der Waals surface area contributed by atoms with Gasteiger partial charge >= 0.3 is 25.7 Å². The summed E-state index contributed by atoms with van der Waals surface area (Å²) >= 11 is 0. The van der Waals surface area contributed by atoms with Crippen LogP contribution < -0.4 is 5.73 Å². The number of aliphatic carboxylic acids is 1. The summed E-state index contributed by atoms with van der Waals surface area (Å²) in [4.78, 5) is 45.9. The predicted molar refractivity (Wildman–Crippen MR) is 226 cm³/mol. The SMILES string of the molecule is CC/C=C/C/C=C/C/C=C/C/C=C/CCCCC(=O)OC[C@H](COP(=O)(O)OC[C@H](N)C(=O)O)OC(=O)CCCCCC/C=C/C/C=C/C/C=C/CCCCC. The molecule has 0 aliphatic carbocycles. The summed E-state index contributed by atoms with van der Waals surface area (Å²) in [7, 11) is -4.74. The molecule has 0 bridgehead atoms. The summed E-state index contributed by atoms with van der Waals surface area (Å²) in [5.74, 6) is -2.47. The van der Waals surface area contributed by atoms with Crippen LogP contribution in [-0.4, -0.2) is 59.9 Å². The van der Waals surface area contributed by atoms with E-state index in [2.05, 4.69) is 103 Å². The minimum absolute atomic E-state index is 0.121. The van der Waals surface area contributed by atoms with Crippen LogP contribution in [0, 0.1) is 0 Å². The van der Waals surface area contributed by atoms with Crippen molar-refractivity contribution in [2.24, 2.45) is 5.73 Å². The topological polar surface area (TPSA) is 172 Å². The maximum Gasteiger partial charge on any atom is 0.472 e. The number of nitrogens with two attached hydrogens (primary N) is 1. The number of rotatable bonds is 37. The smallest absolute Gasteiger partial charge is 0.472 e. The van der Waals surface area contributed by atoms with Crippen molar-refractivity contribution in [2.45, 2.75) is 154 Å². The van der Waals surface area contributed by atoms with Crippen LogP contribution in [0.2, 0.25) is 0 Å². The van der Waals surface area contributed by atoms with E-state index in [4.69, 9.17) is 24.8 Å². The van der Waals surface area contributed by atoms with E-state index in [1.165, 1.54) is 19.3 Å². The van der Waals surface area contributed by atoms with Gasteiger partial charge in [0.15, 0.2) is 6.10 Å². The molecule has 0 aliphatic rings. The molecule has 0 saturated carbocycles. The molecule has 0 heterocycles. The van der Waals surface area contributed by atoms with E-state index in [1.54, 1.807) is 0 Å². The van der Waals surface area contributed by atoms with E-state index in [-0.39, 0.29) is 19.4 Å². The third-order valence-corrected chi connectivity index (χ3v) is 9.08. The summed E-state index contributed by atoms with van der Waals surface area (Å²) in [5, 5.41) is 8.88. The van der Waals surface area contributed by atoms with E-state index < -0.39 is 51.1 Å². The number of ether oxygens (including phenoxy) is 2. The first-order valence-corrected chi connectivity index (χ1v) is 22.1. The van der Waals surface area contributed by atoms with Gasteiger partial charge in [0.25, 0.3) is 0 Å². The van der Waals surface area contributed by atoms with Gasteiger partial charge in [-0.25, -0.2) is 4.57 Å². The Balaban J connectivity index is 4.53. The molecule has 0 saturated heterocycles. The van der Waals surface area contributed by atoms with Crippen molar-refractivity contribution in [1.29, 1.82) is 0 Å². The van der Waals surface area contributed by atoms with Gasteiger partial charge in [-0.2, -0.15) is 0 Å². The molecule has 0 rings (SSSR count). The van der Waals surface area contributed by atoms with Gasteiger partial charge in [-0.1, -0.05) is 125 Å². The first kappa shape index (κ1) is 52.7. The number of phosphoric ester groups is 1. The summed E-state index contributed by atoms with van der Waals surface area (Å²) in [5.41, 5.74) is 5.32. The zero-order valence-electron chi connectivity index (χ0n) is 34.2. The normalized spacial score (nSPS) is 14.6. The minimum Gasteiger partial charge on any atom is -0.480 e. The van der Waals surface area contributed by atoms with Crippen molar-refractivity contribution < 1.29 is 47.5 Å². The second kappa shape index (κ2) is 38.5. The first-order chi connectivity index (χ1) is 27.1. The molecule has 0 aromatic carbocycles. The molecule has 0 aromatic rings. The number of unbranched alkanes of at least 4 members (excludes halogenated alkanes) is 9. The van der Waals surface area contributed by atoms with E-state index >= 15 is 0 Å². The number of carboxylic acids is 1. The van der Waals surface area contributed by atoms with E-state index in [0.717, 1.165) is 83.5 Å². The number of carboxylic acid groups (broad SMARTS) is 1. The van der Waals surface area contributed by atoms with Crippen molar-refractivity contribution in [3.63, 3.8) is 0 Å². The Hall–Kier alpha value is -3.34. The summed E-state index contributed by atoms with van der Waals surface area (Å²) in [6, 6.07) is -1.54. The van der Waals surface area contributed by atoms with Crippen molar-refractivity contribution in [1.82, 2.24) is 0 Å². The third kappa shape index (κ3) is 37.6. The molecular formula is C44H72NO10P. The number of carbonyl (C=O) groups excluding carboxylic acids is 2. The Bertz CT molecular complexity index is 1270. The fourth-order valence-electron chi connectivity index (χ4n) is 4.88. The van der Waals surface area contributed by atoms with Gasteiger partial charge < -0.3 is 25.2 Å². The van der Waals surface area contributed by atoms with Crippen molar-refractivity contribution in [3.05, 3.63) is 85.1 Å². The van der Waals surface area contributed by atoms with Gasteiger partial charge in [-0.15, -0.1) is 0 Å². The number of hydrogen-bond acceptors (Lipinski definition) is 9. The van der Waals surface area contributed by atoms with Crippen LogP contribution >= 0.6 is 7.82 Å². The molecule has 0 aliphatic heterocycles. The van der Waals surface area contributed by atoms with Gasteiger partial charge in [0.1, 0.15) is 12.6 Å². The summed E-state index contributed by atoms with van der Waals surface area (Å²) in [6.07, 6.45) is 46.5. The molecule has 0 radical (unpaired) electrons. The molecule has 0 aromatic heterocycles. The average molecular weight is 806 g/mol. The number of phosphoric acid groups is 1. The molecule has 3 atom stereocenters. The lowest BCUT2D eigenvalue weighted by molar-refractivity contribution is -0.161. The molecule has 1 unspecified atom stereocenters. The average Bonchev–Trinajstić information content (AvgIpc) is 3.17. The van der Waals surface area contributed by atoms with Crippen LogP contribution in [0.3, 0.4) is 0 Å². The third-order valence-electron chi connectivity index (χ3n) is 8.13. The predicted octanol–water partition coefficient (Wildman–Crippen LogP) is 10.7. The molecule has 318 valence electrons. The van der Waals surface area contributed by atoms with Gasteiger partial charge in [-0.05, 0) is 89.9 Å². The molecule has 4 N–H and O–H groups in total. The molecule has 56 heavy (non-hydrogen) atoms. The van der Waals surface area contributed by atoms with Gasteiger partial charge in [0.2, 0.25) is 0 Å². The monoisotopic (exact) mass is 805 g/mol. The largest absolute Gasteiger partial charge is 0.480 e. The van der Waals surface area contributed by atoms with Gasteiger partial charge in [0, 0.05) is 12.8 Å². The lowest BCUT2D eigenvalue weighted by Crippen LogP contribution is -2.34. The van der Waals surface area contributed by atoms with E-state index in [1.807, 2.05) is 0 Å². The fourth-order valence-corrected chi connectivity index (χ4v) is 5.66. The van der Waals surface area contributed by atoms with Crippen LogP contribution in [0.4, 0.5) is 0 Å². The highest BCUT2D eigenvalue weighted by Crippen LogP contribution is 2.43. The maximum absolute atomic E-state index is 12.6. The molecule has 0 spiro atoms. The van der Waals surface area contributed by atoms with Crippen LogP contribution in [0.15, 0.2) is 85.1 Å². The van der Waals surface area contributed by atoms with Gasteiger partial charge in [-0.3, -0.25) is 23.4 Å². The number of carbonyl (C=O) groups is 3. The van der Waals surface area contributed by atoms with Crippen molar-refractivity contribution in [3.8, 4) is 0 Å². The lowest BCUT2D eigenvalue weighted by atomic mass is 10.1. The standard InChI is InChI=1S/C44H72NO10P/c1-3-5-7-9-11-13-15-17-19-20-22-24-26-28-30-32-34-36-43(47)55-40(38-53-56(50,51)54-39-41(45)44(48)49)37-52-42(46)35-33-31-29-27-25-23-21-18-16-14-12-10-8-6-4-2/h6,8,11-14,17-19,21-22,24-25,27,40-41H,3-5,7,9-10,15-16,20,23,26,28-39,45H2,1-2H3,(H,48,49)(H,50,51)/b8-6+,13-11+,14-12+,19-17+,21-18+,24-22+,27-25+/t40-,41+/m1/s1. The van der Waals surface area contributed by atoms with Crippen LogP contribution in [0.25, 0.3) is 0 Å².